The van der Waals surface area contributed by atoms with Crippen LogP contribution in [0.3, 0.4) is 0 Å². The summed E-state index contributed by atoms with van der Waals surface area (Å²) in [7, 11) is 2.49. The van der Waals surface area contributed by atoms with E-state index in [1.54, 1.807) is 0 Å². The van der Waals surface area contributed by atoms with Gasteiger partial charge in [-0.3, -0.25) is 4.79 Å². The molecule has 1 heterocycles. The first-order valence-electron chi connectivity index (χ1n) is 5.59. The highest BCUT2D eigenvalue weighted by Gasteiger charge is 2.14. The third-order valence-electron chi connectivity index (χ3n) is 2.59. The molecule has 2 aromatic rings. The van der Waals surface area contributed by atoms with Gasteiger partial charge in [0.15, 0.2) is 11.6 Å². The van der Waals surface area contributed by atoms with Crippen LogP contribution in [-0.4, -0.2) is 30.0 Å². The molecule has 0 N–H and O–H groups in total. The molecule has 0 saturated heterocycles. The molecule has 104 valence electrons. The van der Waals surface area contributed by atoms with Crippen molar-refractivity contribution < 1.29 is 18.7 Å². The van der Waals surface area contributed by atoms with Crippen LogP contribution in [0.25, 0.3) is 5.69 Å². The topological polar surface area (TPSA) is 70.4 Å². The molecule has 2 rings (SSSR count). The minimum atomic E-state index is -0.835. The van der Waals surface area contributed by atoms with Crippen LogP contribution >= 0.6 is 0 Å². The van der Waals surface area contributed by atoms with E-state index in [0.29, 0.717) is 5.69 Å². The Kier molecular flexibility index (Phi) is 3.79. The Morgan fingerprint density at radius 1 is 1.30 bits per heavy atom. The number of carbonyl (C=O) groups is 1. The molecule has 0 atom stereocenters. The fourth-order valence-corrected chi connectivity index (χ4v) is 1.58. The molecule has 0 radical (unpaired) electrons. The summed E-state index contributed by atoms with van der Waals surface area (Å²) in [5, 5.41) is 3.87. The third-order valence-corrected chi connectivity index (χ3v) is 2.59. The minimum absolute atomic E-state index is 0.0302. The minimum Gasteiger partial charge on any atom is -0.494 e. The van der Waals surface area contributed by atoms with Crippen LogP contribution < -0.4 is 10.2 Å². The van der Waals surface area contributed by atoms with E-state index in [4.69, 9.17) is 4.74 Å². The molecule has 0 aliphatic heterocycles. The highest BCUT2D eigenvalue weighted by Crippen LogP contribution is 2.20. The van der Waals surface area contributed by atoms with E-state index < -0.39 is 17.2 Å². The summed E-state index contributed by atoms with van der Waals surface area (Å²) in [4.78, 5) is 22.9. The number of hydrogen-bond acceptors (Lipinski definition) is 5. The Hall–Kier alpha value is -2.70. The number of aromatic nitrogens is 2. The van der Waals surface area contributed by atoms with Gasteiger partial charge < -0.3 is 9.47 Å². The number of hydrogen-bond donors (Lipinski definition) is 0. The molecule has 0 bridgehead atoms. The smallest absolute Gasteiger partial charge is 0.362 e. The van der Waals surface area contributed by atoms with E-state index in [9.17, 15) is 14.0 Å². The summed E-state index contributed by atoms with van der Waals surface area (Å²) < 4.78 is 23.9. The zero-order valence-corrected chi connectivity index (χ0v) is 10.8. The number of rotatable bonds is 3. The number of halogens is 1. The Balaban J connectivity index is 2.53. The summed E-state index contributed by atoms with van der Waals surface area (Å²) in [6.45, 7) is 0. The first-order chi connectivity index (χ1) is 9.56. The predicted molar refractivity (Wildman–Crippen MR) is 67.7 cm³/mol. The van der Waals surface area contributed by atoms with Crippen molar-refractivity contribution in [2.24, 2.45) is 0 Å². The first-order valence-corrected chi connectivity index (χ1v) is 5.59. The maximum absolute atomic E-state index is 13.3. The van der Waals surface area contributed by atoms with Crippen LogP contribution in [0.1, 0.15) is 10.5 Å². The van der Waals surface area contributed by atoms with Crippen molar-refractivity contribution >= 4 is 5.97 Å². The molecular formula is C13H11FN2O4. The molecule has 1 aromatic carbocycles. The summed E-state index contributed by atoms with van der Waals surface area (Å²) in [5.74, 6) is -1.33. The monoisotopic (exact) mass is 278 g/mol. The number of methoxy groups -OCH3 is 2. The summed E-state index contributed by atoms with van der Waals surface area (Å²) in [5.41, 5.74) is -0.464. The summed E-state index contributed by atoms with van der Waals surface area (Å²) in [6.07, 6.45) is 1.36. The SMILES string of the molecule is COC(=O)c1nn(-c2ccc(F)c(OC)c2)ccc1=O. The van der Waals surface area contributed by atoms with Crippen molar-refractivity contribution in [1.29, 1.82) is 0 Å². The highest BCUT2D eigenvalue weighted by molar-refractivity contribution is 5.86. The molecule has 20 heavy (non-hydrogen) atoms. The lowest BCUT2D eigenvalue weighted by Crippen LogP contribution is -2.21. The molecule has 0 amide bonds. The lowest BCUT2D eigenvalue weighted by molar-refractivity contribution is 0.0590. The lowest BCUT2D eigenvalue weighted by atomic mass is 10.3. The lowest BCUT2D eigenvalue weighted by Gasteiger charge is -2.08. The Bertz CT molecular complexity index is 712. The van der Waals surface area contributed by atoms with Crippen LogP contribution in [0, 0.1) is 5.82 Å². The van der Waals surface area contributed by atoms with Crippen molar-refractivity contribution in [2.45, 2.75) is 0 Å². The maximum Gasteiger partial charge on any atom is 0.362 e. The Labute approximate surface area is 113 Å². The second-order valence-corrected chi connectivity index (χ2v) is 3.78. The molecule has 0 saturated carbocycles. The number of carbonyl (C=O) groups excluding carboxylic acids is 1. The quantitative estimate of drug-likeness (QED) is 0.788. The van der Waals surface area contributed by atoms with Gasteiger partial charge >= 0.3 is 5.97 Å². The van der Waals surface area contributed by atoms with Crippen LogP contribution in [0.5, 0.6) is 5.75 Å². The van der Waals surface area contributed by atoms with Gasteiger partial charge in [0.2, 0.25) is 11.1 Å². The Morgan fingerprint density at radius 3 is 2.70 bits per heavy atom. The van der Waals surface area contributed by atoms with Gasteiger partial charge in [-0.2, -0.15) is 5.10 Å². The van der Waals surface area contributed by atoms with Crippen LogP contribution in [0.15, 0.2) is 35.3 Å². The molecule has 0 fully saturated rings. The predicted octanol–water partition coefficient (Wildman–Crippen LogP) is 1.17. The van der Waals surface area contributed by atoms with E-state index in [0.717, 1.165) is 7.11 Å². The van der Waals surface area contributed by atoms with Gasteiger partial charge in [0.05, 0.1) is 19.9 Å². The van der Waals surface area contributed by atoms with E-state index >= 15 is 0 Å². The second-order valence-electron chi connectivity index (χ2n) is 3.78. The average Bonchev–Trinajstić information content (AvgIpc) is 2.47. The Morgan fingerprint density at radius 2 is 2.05 bits per heavy atom. The van der Waals surface area contributed by atoms with E-state index in [1.165, 1.54) is 42.3 Å². The largest absolute Gasteiger partial charge is 0.494 e. The fraction of sp³-hybridized carbons (Fsp3) is 0.154. The summed E-state index contributed by atoms with van der Waals surface area (Å²) >= 11 is 0. The second kappa shape index (κ2) is 5.52. The van der Waals surface area contributed by atoms with Crippen LogP contribution in [0.4, 0.5) is 4.39 Å². The molecule has 0 spiro atoms. The van der Waals surface area contributed by atoms with E-state index in [2.05, 4.69) is 9.84 Å². The van der Waals surface area contributed by atoms with E-state index in [1.807, 2.05) is 0 Å². The van der Waals surface area contributed by atoms with Gasteiger partial charge in [0.25, 0.3) is 0 Å². The number of ether oxygens (including phenoxy) is 2. The molecule has 1 aromatic heterocycles. The van der Waals surface area contributed by atoms with Gasteiger partial charge in [-0.05, 0) is 12.1 Å². The summed E-state index contributed by atoms with van der Waals surface area (Å²) in [6, 6.07) is 5.21. The molecular weight excluding hydrogens is 267 g/mol. The van der Waals surface area contributed by atoms with Gasteiger partial charge in [-0.1, -0.05) is 0 Å². The van der Waals surface area contributed by atoms with Crippen molar-refractivity contribution in [3.8, 4) is 11.4 Å². The van der Waals surface area contributed by atoms with Crippen LogP contribution in [0.2, 0.25) is 0 Å². The van der Waals surface area contributed by atoms with Gasteiger partial charge in [-0.15, -0.1) is 0 Å². The number of esters is 1. The maximum atomic E-state index is 13.3. The van der Waals surface area contributed by atoms with Gasteiger partial charge in [-0.25, -0.2) is 13.9 Å². The van der Waals surface area contributed by atoms with Crippen molar-refractivity contribution in [3.05, 3.63) is 52.2 Å². The molecule has 0 aliphatic carbocycles. The number of benzene rings is 1. The van der Waals surface area contributed by atoms with Crippen molar-refractivity contribution in [2.75, 3.05) is 14.2 Å². The van der Waals surface area contributed by atoms with Crippen molar-refractivity contribution in [3.63, 3.8) is 0 Å². The number of nitrogens with zero attached hydrogens (tertiary/aromatic N) is 2. The molecule has 0 unspecified atom stereocenters. The molecule has 0 aliphatic rings. The highest BCUT2D eigenvalue weighted by atomic mass is 19.1. The van der Waals surface area contributed by atoms with Gasteiger partial charge in [0.1, 0.15) is 0 Å². The van der Waals surface area contributed by atoms with E-state index in [-0.39, 0.29) is 11.4 Å². The van der Waals surface area contributed by atoms with Crippen LogP contribution in [-0.2, 0) is 4.74 Å². The zero-order valence-electron chi connectivity index (χ0n) is 10.8. The van der Waals surface area contributed by atoms with Gasteiger partial charge in [0, 0.05) is 18.3 Å². The first kappa shape index (κ1) is 13.7. The van der Waals surface area contributed by atoms with Crippen molar-refractivity contribution in [1.82, 2.24) is 9.78 Å². The third kappa shape index (κ3) is 2.51. The molecule has 7 heteroatoms. The normalized spacial score (nSPS) is 10.2. The average molecular weight is 278 g/mol. The fourth-order valence-electron chi connectivity index (χ4n) is 1.58. The standard InChI is InChI=1S/C13H11FN2O4/c1-19-11-7-8(3-4-9(11)14)16-6-5-10(17)12(15-16)13(18)20-2/h3-7H,1-2H3. The zero-order chi connectivity index (χ0) is 14.7. The molecule has 6 nitrogen and oxygen atoms in total.